The van der Waals surface area contributed by atoms with Gasteiger partial charge < -0.3 is 15.2 Å². The zero-order valence-electron chi connectivity index (χ0n) is 9.89. The Hall–Kier alpha value is -1.43. The van der Waals surface area contributed by atoms with E-state index in [1.807, 2.05) is 4.90 Å². The number of piperidine rings is 1. The zero-order chi connectivity index (χ0) is 12.1. The molecule has 2 heterocycles. The molecular formula is C11H18N4O2. The van der Waals surface area contributed by atoms with E-state index in [1.165, 1.54) is 6.42 Å². The number of amides is 1. The highest BCUT2D eigenvalue weighted by Crippen LogP contribution is 2.10. The molecule has 0 spiro atoms. The molecule has 1 saturated heterocycles. The van der Waals surface area contributed by atoms with E-state index in [9.17, 15) is 4.79 Å². The van der Waals surface area contributed by atoms with E-state index in [0.717, 1.165) is 25.9 Å². The second-order valence-corrected chi connectivity index (χ2v) is 4.26. The highest BCUT2D eigenvalue weighted by molar-refractivity contribution is 5.77. The molecule has 94 valence electrons. The quantitative estimate of drug-likeness (QED) is 0.805. The van der Waals surface area contributed by atoms with Crippen LogP contribution in [0.25, 0.3) is 0 Å². The fourth-order valence-corrected chi connectivity index (χ4v) is 1.98. The first-order valence-corrected chi connectivity index (χ1v) is 6.09. The molecule has 6 nitrogen and oxygen atoms in total. The predicted molar refractivity (Wildman–Crippen MR) is 61.2 cm³/mol. The van der Waals surface area contributed by atoms with E-state index in [4.69, 9.17) is 10.3 Å². The third-order valence-corrected chi connectivity index (χ3v) is 2.89. The van der Waals surface area contributed by atoms with Gasteiger partial charge in [0.25, 0.3) is 0 Å². The number of likely N-dealkylation sites (tertiary alicyclic amines) is 1. The lowest BCUT2D eigenvalue weighted by molar-refractivity contribution is -0.131. The van der Waals surface area contributed by atoms with Gasteiger partial charge in [-0.05, 0) is 19.3 Å². The number of hydrogen-bond donors (Lipinski definition) is 1. The molecule has 0 aromatic carbocycles. The minimum atomic E-state index is 0.0878. The van der Waals surface area contributed by atoms with Crippen molar-refractivity contribution in [2.45, 2.75) is 32.1 Å². The molecular weight excluding hydrogens is 220 g/mol. The predicted octanol–water partition coefficient (Wildman–Crippen LogP) is 0.126. The molecule has 0 atom stereocenters. The summed E-state index contributed by atoms with van der Waals surface area (Å²) in [6.45, 7) is 2.18. The summed E-state index contributed by atoms with van der Waals surface area (Å²) in [7, 11) is 0. The van der Waals surface area contributed by atoms with Gasteiger partial charge in [-0.1, -0.05) is 5.16 Å². The van der Waals surface area contributed by atoms with Gasteiger partial charge in [-0.3, -0.25) is 4.79 Å². The Morgan fingerprint density at radius 2 is 2.12 bits per heavy atom. The molecule has 0 bridgehead atoms. The van der Waals surface area contributed by atoms with Crippen LogP contribution in [0.5, 0.6) is 0 Å². The molecule has 0 saturated carbocycles. The van der Waals surface area contributed by atoms with Crippen molar-refractivity contribution < 1.29 is 9.32 Å². The van der Waals surface area contributed by atoms with Gasteiger partial charge in [0.1, 0.15) is 0 Å². The van der Waals surface area contributed by atoms with Crippen LogP contribution in [0.4, 0.5) is 0 Å². The van der Waals surface area contributed by atoms with E-state index in [2.05, 4.69) is 10.1 Å². The number of nitrogens with two attached hydrogens (primary N) is 1. The Morgan fingerprint density at radius 3 is 2.82 bits per heavy atom. The van der Waals surface area contributed by atoms with Crippen molar-refractivity contribution in [2.24, 2.45) is 5.73 Å². The minimum Gasteiger partial charge on any atom is -0.342 e. The average molecular weight is 238 g/mol. The van der Waals surface area contributed by atoms with Crippen LogP contribution in [-0.4, -0.2) is 40.6 Å². The van der Waals surface area contributed by atoms with Gasteiger partial charge >= 0.3 is 0 Å². The number of aromatic nitrogens is 2. The van der Waals surface area contributed by atoms with Crippen LogP contribution in [-0.2, 0) is 17.6 Å². The topological polar surface area (TPSA) is 85.2 Å². The van der Waals surface area contributed by atoms with Crippen molar-refractivity contribution in [3.05, 3.63) is 11.7 Å². The van der Waals surface area contributed by atoms with Crippen molar-refractivity contribution in [1.82, 2.24) is 15.0 Å². The maximum absolute atomic E-state index is 11.9. The fourth-order valence-electron chi connectivity index (χ4n) is 1.98. The second-order valence-electron chi connectivity index (χ2n) is 4.26. The summed E-state index contributed by atoms with van der Waals surface area (Å²) in [5, 5.41) is 3.78. The van der Waals surface area contributed by atoms with Crippen molar-refractivity contribution in [3.63, 3.8) is 0 Å². The SMILES string of the molecule is NCCc1nc(CC(=O)N2CCCCC2)no1. The number of carbonyl (C=O) groups is 1. The summed E-state index contributed by atoms with van der Waals surface area (Å²) in [6, 6.07) is 0. The molecule has 1 aliphatic heterocycles. The largest absolute Gasteiger partial charge is 0.342 e. The van der Waals surface area contributed by atoms with Crippen LogP contribution in [0, 0.1) is 0 Å². The summed E-state index contributed by atoms with van der Waals surface area (Å²) in [5.41, 5.74) is 5.39. The van der Waals surface area contributed by atoms with E-state index < -0.39 is 0 Å². The third kappa shape index (κ3) is 3.26. The van der Waals surface area contributed by atoms with Crippen molar-refractivity contribution in [1.29, 1.82) is 0 Å². The summed E-state index contributed by atoms with van der Waals surface area (Å²) < 4.78 is 4.98. The zero-order valence-corrected chi connectivity index (χ0v) is 9.89. The van der Waals surface area contributed by atoms with Crippen LogP contribution in [0.15, 0.2) is 4.52 Å². The van der Waals surface area contributed by atoms with Crippen LogP contribution in [0.1, 0.15) is 31.0 Å². The normalized spacial score (nSPS) is 16.2. The van der Waals surface area contributed by atoms with Crippen LogP contribution in [0.3, 0.4) is 0 Å². The van der Waals surface area contributed by atoms with Crippen LogP contribution >= 0.6 is 0 Å². The van der Waals surface area contributed by atoms with E-state index in [1.54, 1.807) is 0 Å². The molecule has 1 fully saturated rings. The van der Waals surface area contributed by atoms with Crippen molar-refractivity contribution in [3.8, 4) is 0 Å². The first kappa shape index (κ1) is 12.0. The summed E-state index contributed by atoms with van der Waals surface area (Å²) in [5.74, 6) is 1.06. The number of nitrogens with zero attached hydrogens (tertiary/aromatic N) is 3. The maximum atomic E-state index is 11.9. The third-order valence-electron chi connectivity index (χ3n) is 2.89. The average Bonchev–Trinajstić information content (AvgIpc) is 2.78. The first-order valence-electron chi connectivity index (χ1n) is 6.09. The first-order chi connectivity index (χ1) is 8.29. The Morgan fingerprint density at radius 1 is 1.35 bits per heavy atom. The molecule has 1 aromatic rings. The molecule has 1 amide bonds. The number of hydrogen-bond acceptors (Lipinski definition) is 5. The standard InChI is InChI=1S/C11H18N4O2/c12-5-4-10-13-9(14-17-10)8-11(16)15-6-2-1-3-7-15/h1-8,12H2. The fraction of sp³-hybridized carbons (Fsp3) is 0.727. The van der Waals surface area contributed by atoms with Gasteiger partial charge in [-0.2, -0.15) is 4.98 Å². The summed E-state index contributed by atoms with van der Waals surface area (Å²) in [6.07, 6.45) is 4.19. The van der Waals surface area contributed by atoms with E-state index >= 15 is 0 Å². The molecule has 0 radical (unpaired) electrons. The maximum Gasteiger partial charge on any atom is 0.230 e. The number of carbonyl (C=O) groups excluding carboxylic acids is 1. The van der Waals surface area contributed by atoms with E-state index in [-0.39, 0.29) is 12.3 Å². The molecule has 1 aliphatic rings. The highest BCUT2D eigenvalue weighted by atomic mass is 16.5. The van der Waals surface area contributed by atoms with Gasteiger partial charge in [0.05, 0.1) is 6.42 Å². The second kappa shape index (κ2) is 5.77. The highest BCUT2D eigenvalue weighted by Gasteiger charge is 2.18. The lowest BCUT2D eigenvalue weighted by atomic mass is 10.1. The Bertz CT molecular complexity index is 371. The molecule has 0 unspecified atom stereocenters. The molecule has 6 heteroatoms. The lowest BCUT2D eigenvalue weighted by Gasteiger charge is -2.26. The Balaban J connectivity index is 1.88. The molecule has 2 rings (SSSR count). The Kier molecular flexibility index (Phi) is 4.08. The van der Waals surface area contributed by atoms with E-state index in [0.29, 0.717) is 24.7 Å². The van der Waals surface area contributed by atoms with Gasteiger partial charge in [0.15, 0.2) is 5.82 Å². The lowest BCUT2D eigenvalue weighted by Crippen LogP contribution is -2.36. The van der Waals surface area contributed by atoms with Gasteiger partial charge in [0.2, 0.25) is 11.8 Å². The minimum absolute atomic E-state index is 0.0878. The molecule has 1 aromatic heterocycles. The monoisotopic (exact) mass is 238 g/mol. The molecule has 2 N–H and O–H groups in total. The molecule has 17 heavy (non-hydrogen) atoms. The van der Waals surface area contributed by atoms with Gasteiger partial charge in [-0.15, -0.1) is 0 Å². The smallest absolute Gasteiger partial charge is 0.230 e. The Labute approximate surface area is 100 Å². The summed E-state index contributed by atoms with van der Waals surface area (Å²) in [4.78, 5) is 17.9. The van der Waals surface area contributed by atoms with Gasteiger partial charge in [-0.25, -0.2) is 0 Å². The van der Waals surface area contributed by atoms with Crippen molar-refractivity contribution in [2.75, 3.05) is 19.6 Å². The number of rotatable bonds is 4. The van der Waals surface area contributed by atoms with Crippen LogP contribution in [0.2, 0.25) is 0 Å². The van der Waals surface area contributed by atoms with Crippen LogP contribution < -0.4 is 5.73 Å². The summed E-state index contributed by atoms with van der Waals surface area (Å²) >= 11 is 0. The molecule has 0 aliphatic carbocycles. The van der Waals surface area contributed by atoms with Gasteiger partial charge in [0, 0.05) is 26.1 Å². The van der Waals surface area contributed by atoms with Crippen molar-refractivity contribution >= 4 is 5.91 Å².